The van der Waals surface area contributed by atoms with Gasteiger partial charge in [-0.25, -0.2) is 4.98 Å². The van der Waals surface area contributed by atoms with Gasteiger partial charge < -0.3 is 9.52 Å². The number of carboxylic acids is 1. The molecule has 0 bridgehead atoms. The normalized spacial score (nSPS) is 12.9. The van der Waals surface area contributed by atoms with Crippen LogP contribution in [0, 0.1) is 6.92 Å². The van der Waals surface area contributed by atoms with Gasteiger partial charge in [0.1, 0.15) is 5.52 Å². The Morgan fingerprint density at radius 2 is 2.27 bits per heavy atom. The highest BCUT2D eigenvalue weighted by molar-refractivity contribution is 5.79. The van der Waals surface area contributed by atoms with E-state index in [1.807, 2.05) is 0 Å². The molecular formula is C11H11NO3. The maximum absolute atomic E-state index is 10.8. The van der Waals surface area contributed by atoms with Crippen molar-refractivity contribution in [3.8, 4) is 0 Å². The number of hydrogen-bond acceptors (Lipinski definition) is 3. The van der Waals surface area contributed by atoms with Gasteiger partial charge in [-0.05, 0) is 24.6 Å². The van der Waals surface area contributed by atoms with Crippen LogP contribution >= 0.6 is 0 Å². The first-order chi connectivity index (χ1) is 7.08. The van der Waals surface area contributed by atoms with Crippen molar-refractivity contribution >= 4 is 17.1 Å². The Labute approximate surface area is 86.5 Å². The number of nitrogens with zero attached hydrogens (tertiary/aromatic N) is 1. The summed E-state index contributed by atoms with van der Waals surface area (Å²) in [4.78, 5) is 14.9. The third kappa shape index (κ3) is 1.70. The van der Waals surface area contributed by atoms with E-state index >= 15 is 0 Å². The summed E-state index contributed by atoms with van der Waals surface area (Å²) < 4.78 is 5.33. The smallest absolute Gasteiger partial charge is 0.310 e. The van der Waals surface area contributed by atoms with Gasteiger partial charge in [0.25, 0.3) is 0 Å². The summed E-state index contributed by atoms with van der Waals surface area (Å²) >= 11 is 0. The maximum atomic E-state index is 10.8. The van der Waals surface area contributed by atoms with Crippen LogP contribution in [0.3, 0.4) is 0 Å². The summed E-state index contributed by atoms with van der Waals surface area (Å²) in [5.74, 6) is -0.782. The number of benzene rings is 1. The second-order valence-corrected chi connectivity index (χ2v) is 3.52. The molecule has 0 amide bonds. The summed E-state index contributed by atoms with van der Waals surface area (Å²) in [5.41, 5.74) is 2.12. The summed E-state index contributed by atoms with van der Waals surface area (Å²) in [6, 6.07) is 5.28. The molecule has 2 aromatic rings. The molecule has 0 aliphatic carbocycles. The van der Waals surface area contributed by atoms with Gasteiger partial charge in [0.05, 0.1) is 5.92 Å². The first-order valence-corrected chi connectivity index (χ1v) is 4.68. The van der Waals surface area contributed by atoms with Crippen LogP contribution in [0.2, 0.25) is 0 Å². The van der Waals surface area contributed by atoms with Crippen LogP contribution in [-0.4, -0.2) is 16.1 Å². The molecule has 78 valence electrons. The summed E-state index contributed by atoms with van der Waals surface area (Å²) in [7, 11) is 0. The second-order valence-electron chi connectivity index (χ2n) is 3.52. The highest BCUT2D eigenvalue weighted by Gasteiger charge is 2.14. The fraction of sp³-hybridized carbons (Fsp3) is 0.273. The molecule has 0 fully saturated rings. The van der Waals surface area contributed by atoms with E-state index < -0.39 is 11.9 Å². The molecular weight excluding hydrogens is 194 g/mol. The van der Waals surface area contributed by atoms with Crippen molar-refractivity contribution in [2.45, 2.75) is 19.8 Å². The number of rotatable bonds is 2. The summed E-state index contributed by atoms with van der Waals surface area (Å²) in [6.07, 6.45) is 0. The molecule has 0 aliphatic rings. The van der Waals surface area contributed by atoms with E-state index in [0.717, 1.165) is 11.1 Å². The molecule has 2 rings (SSSR count). The fourth-order valence-electron chi connectivity index (χ4n) is 1.47. The van der Waals surface area contributed by atoms with Gasteiger partial charge in [0.15, 0.2) is 11.5 Å². The fourth-order valence-corrected chi connectivity index (χ4v) is 1.47. The number of fused-ring (bicyclic) bond motifs is 1. The van der Waals surface area contributed by atoms with Crippen molar-refractivity contribution in [3.63, 3.8) is 0 Å². The zero-order valence-electron chi connectivity index (χ0n) is 8.52. The zero-order chi connectivity index (χ0) is 11.0. The molecule has 0 radical (unpaired) electrons. The van der Waals surface area contributed by atoms with Crippen molar-refractivity contribution in [1.82, 2.24) is 4.98 Å². The number of carboxylic acid groups (broad SMARTS) is 1. The van der Waals surface area contributed by atoms with E-state index in [4.69, 9.17) is 9.52 Å². The minimum atomic E-state index is -0.842. The lowest BCUT2D eigenvalue weighted by molar-refractivity contribution is -0.138. The second kappa shape index (κ2) is 3.38. The number of hydrogen-bond donors (Lipinski definition) is 1. The number of aryl methyl sites for hydroxylation is 1. The Morgan fingerprint density at radius 3 is 2.93 bits per heavy atom. The maximum Gasteiger partial charge on any atom is 0.310 e. The number of aliphatic carboxylic acids is 1. The SMILES string of the molecule is Cc1nc2ccc(C(C)C(=O)O)cc2o1. The largest absolute Gasteiger partial charge is 0.481 e. The Morgan fingerprint density at radius 1 is 1.53 bits per heavy atom. The lowest BCUT2D eigenvalue weighted by Gasteiger charge is -2.04. The van der Waals surface area contributed by atoms with Gasteiger partial charge in [-0.15, -0.1) is 0 Å². The van der Waals surface area contributed by atoms with E-state index in [2.05, 4.69) is 4.98 Å². The van der Waals surface area contributed by atoms with Gasteiger partial charge >= 0.3 is 5.97 Å². The Bertz CT molecular complexity index is 516. The average molecular weight is 205 g/mol. The standard InChI is InChI=1S/C11H11NO3/c1-6(11(13)14)8-3-4-9-10(5-8)15-7(2)12-9/h3-6H,1-2H3,(H,13,14). The molecule has 4 heteroatoms. The third-order valence-electron chi connectivity index (χ3n) is 2.39. The lowest BCUT2D eigenvalue weighted by atomic mass is 10.0. The topological polar surface area (TPSA) is 63.3 Å². The van der Waals surface area contributed by atoms with E-state index in [-0.39, 0.29) is 0 Å². The molecule has 0 aliphatic heterocycles. The van der Waals surface area contributed by atoms with E-state index in [0.29, 0.717) is 11.5 Å². The predicted molar refractivity (Wildman–Crippen MR) is 54.8 cm³/mol. The Hall–Kier alpha value is -1.84. The monoisotopic (exact) mass is 205 g/mol. The molecule has 1 heterocycles. The number of aromatic nitrogens is 1. The number of carbonyl (C=O) groups is 1. The van der Waals surface area contributed by atoms with Gasteiger partial charge in [0, 0.05) is 6.92 Å². The highest BCUT2D eigenvalue weighted by atomic mass is 16.4. The first-order valence-electron chi connectivity index (χ1n) is 4.68. The number of oxazole rings is 1. The van der Waals surface area contributed by atoms with Crippen LogP contribution in [0.25, 0.3) is 11.1 Å². The molecule has 0 saturated heterocycles. The molecule has 0 spiro atoms. The van der Waals surface area contributed by atoms with Crippen LogP contribution in [0.15, 0.2) is 22.6 Å². The van der Waals surface area contributed by atoms with Crippen molar-refractivity contribution in [2.75, 3.05) is 0 Å². The van der Waals surface area contributed by atoms with Crippen LogP contribution < -0.4 is 0 Å². The van der Waals surface area contributed by atoms with Gasteiger partial charge in [-0.1, -0.05) is 6.07 Å². The Balaban J connectivity index is 2.50. The minimum Gasteiger partial charge on any atom is -0.481 e. The first kappa shape index (κ1) is 9.71. The molecule has 1 atom stereocenters. The predicted octanol–water partition coefficient (Wildman–Crippen LogP) is 2.32. The summed E-state index contributed by atoms with van der Waals surface area (Å²) in [6.45, 7) is 3.41. The molecule has 1 unspecified atom stereocenters. The van der Waals surface area contributed by atoms with E-state index in [9.17, 15) is 4.79 Å². The zero-order valence-corrected chi connectivity index (χ0v) is 8.52. The van der Waals surface area contributed by atoms with Gasteiger partial charge in [0.2, 0.25) is 0 Å². The lowest BCUT2D eigenvalue weighted by Crippen LogP contribution is -2.06. The Kier molecular flexibility index (Phi) is 2.19. The van der Waals surface area contributed by atoms with Crippen molar-refractivity contribution in [3.05, 3.63) is 29.7 Å². The quantitative estimate of drug-likeness (QED) is 0.817. The van der Waals surface area contributed by atoms with Crippen molar-refractivity contribution in [1.29, 1.82) is 0 Å². The van der Waals surface area contributed by atoms with Crippen molar-refractivity contribution in [2.24, 2.45) is 0 Å². The van der Waals surface area contributed by atoms with Crippen LogP contribution in [0.5, 0.6) is 0 Å². The minimum absolute atomic E-state index is 0.528. The van der Waals surface area contributed by atoms with Gasteiger partial charge in [-0.3, -0.25) is 4.79 Å². The van der Waals surface area contributed by atoms with Gasteiger partial charge in [-0.2, -0.15) is 0 Å². The molecule has 1 aromatic heterocycles. The van der Waals surface area contributed by atoms with E-state index in [1.165, 1.54) is 0 Å². The molecule has 1 N–H and O–H groups in total. The molecule has 1 aromatic carbocycles. The molecule has 0 saturated carbocycles. The highest BCUT2D eigenvalue weighted by Crippen LogP contribution is 2.22. The van der Waals surface area contributed by atoms with E-state index in [1.54, 1.807) is 32.0 Å². The van der Waals surface area contributed by atoms with Crippen LogP contribution in [0.1, 0.15) is 24.3 Å². The average Bonchev–Trinajstić information content (AvgIpc) is 2.55. The van der Waals surface area contributed by atoms with Crippen molar-refractivity contribution < 1.29 is 14.3 Å². The molecule has 15 heavy (non-hydrogen) atoms. The van der Waals surface area contributed by atoms with Crippen LogP contribution in [-0.2, 0) is 4.79 Å². The van der Waals surface area contributed by atoms with Crippen LogP contribution in [0.4, 0.5) is 0 Å². The third-order valence-corrected chi connectivity index (χ3v) is 2.39. The summed E-state index contributed by atoms with van der Waals surface area (Å²) in [5, 5.41) is 8.87. The molecule has 4 nitrogen and oxygen atoms in total.